The summed E-state index contributed by atoms with van der Waals surface area (Å²) in [5, 5.41) is 6.12. The van der Waals surface area contributed by atoms with Crippen molar-refractivity contribution in [2.45, 2.75) is 44.6 Å². The van der Waals surface area contributed by atoms with E-state index in [0.717, 1.165) is 62.1 Å². The Morgan fingerprint density at radius 3 is 2.59 bits per heavy atom. The zero-order valence-corrected chi connectivity index (χ0v) is 20.0. The first-order valence-electron chi connectivity index (χ1n) is 12.1. The van der Waals surface area contributed by atoms with Crippen molar-refractivity contribution in [3.05, 3.63) is 36.0 Å². The average Bonchev–Trinajstić information content (AvgIpc) is 3.49. The van der Waals surface area contributed by atoms with Crippen LogP contribution in [0.4, 0.5) is 17.5 Å². The Morgan fingerprint density at radius 1 is 1.18 bits per heavy atom. The van der Waals surface area contributed by atoms with Gasteiger partial charge in [-0.3, -0.25) is 14.5 Å². The zero-order chi connectivity index (χ0) is 23.9. The Bertz CT molecular complexity index is 975. The first-order valence-corrected chi connectivity index (χ1v) is 12.1. The van der Waals surface area contributed by atoms with Crippen molar-refractivity contribution < 1.29 is 14.3 Å². The van der Waals surface area contributed by atoms with Gasteiger partial charge in [0, 0.05) is 42.5 Å². The van der Waals surface area contributed by atoms with Gasteiger partial charge in [0.1, 0.15) is 18.2 Å². The van der Waals surface area contributed by atoms with Crippen LogP contribution in [0.25, 0.3) is 0 Å². The molecule has 9 heteroatoms. The van der Waals surface area contributed by atoms with Gasteiger partial charge < -0.3 is 20.3 Å². The molecule has 1 saturated heterocycles. The lowest BCUT2D eigenvalue weighted by molar-refractivity contribution is -0.122. The van der Waals surface area contributed by atoms with Gasteiger partial charge in [0.25, 0.3) is 0 Å². The Balaban J connectivity index is 1.52. The van der Waals surface area contributed by atoms with Crippen molar-refractivity contribution in [2.75, 3.05) is 44.0 Å². The molecule has 1 atom stereocenters. The van der Waals surface area contributed by atoms with Crippen molar-refractivity contribution in [1.82, 2.24) is 20.2 Å². The number of nitrogens with one attached hydrogen (secondary N) is 2. The molecule has 2 aliphatic rings. The van der Waals surface area contributed by atoms with Gasteiger partial charge in [-0.2, -0.15) is 4.98 Å². The maximum Gasteiger partial charge on any atom is 0.229 e. The molecule has 2 amide bonds. The molecule has 2 fully saturated rings. The summed E-state index contributed by atoms with van der Waals surface area (Å²) in [7, 11) is 4.02. The molecule has 2 aromatic rings. The quantitative estimate of drug-likeness (QED) is 0.491. The number of benzene rings is 1. The highest BCUT2D eigenvalue weighted by Crippen LogP contribution is 2.31. The molecule has 1 saturated carbocycles. The number of amides is 2. The molecule has 2 heterocycles. The van der Waals surface area contributed by atoms with Gasteiger partial charge in [-0.15, -0.1) is 0 Å². The Labute approximate surface area is 200 Å². The van der Waals surface area contributed by atoms with E-state index in [0.29, 0.717) is 31.3 Å². The fourth-order valence-corrected chi connectivity index (χ4v) is 4.53. The number of anilines is 3. The molecule has 34 heavy (non-hydrogen) atoms. The minimum atomic E-state index is -0.113. The summed E-state index contributed by atoms with van der Waals surface area (Å²) in [6.45, 7) is 2.16. The first-order chi connectivity index (χ1) is 16.5. The minimum absolute atomic E-state index is 0.0551. The first kappa shape index (κ1) is 23.9. The minimum Gasteiger partial charge on any atom is -0.492 e. The number of ether oxygens (including phenoxy) is 1. The molecule has 1 aliphatic heterocycles. The molecular weight excluding hydrogens is 432 g/mol. The molecule has 0 radical (unpaired) electrons. The normalized spacial score (nSPS) is 18.2. The Kier molecular flexibility index (Phi) is 7.95. The number of hydrogen-bond donors (Lipinski definition) is 2. The predicted octanol–water partition coefficient (Wildman–Crippen LogP) is 2.74. The summed E-state index contributed by atoms with van der Waals surface area (Å²) in [5.41, 5.74) is 1.66. The van der Waals surface area contributed by atoms with E-state index in [1.54, 1.807) is 11.1 Å². The van der Waals surface area contributed by atoms with E-state index >= 15 is 0 Å². The molecule has 182 valence electrons. The van der Waals surface area contributed by atoms with Gasteiger partial charge in [0.15, 0.2) is 0 Å². The van der Waals surface area contributed by atoms with Gasteiger partial charge >= 0.3 is 0 Å². The molecule has 2 N–H and O–H groups in total. The van der Waals surface area contributed by atoms with Crippen molar-refractivity contribution in [3.8, 4) is 5.75 Å². The predicted molar refractivity (Wildman–Crippen MR) is 131 cm³/mol. The van der Waals surface area contributed by atoms with Crippen LogP contribution in [0.15, 0.2) is 30.5 Å². The summed E-state index contributed by atoms with van der Waals surface area (Å²) in [5.74, 6) is 1.76. The molecule has 0 bridgehead atoms. The highest BCUT2D eigenvalue weighted by molar-refractivity contribution is 5.82. The van der Waals surface area contributed by atoms with Gasteiger partial charge in [-0.1, -0.05) is 12.8 Å². The van der Waals surface area contributed by atoms with Crippen molar-refractivity contribution in [3.63, 3.8) is 0 Å². The third kappa shape index (κ3) is 6.02. The Morgan fingerprint density at radius 2 is 1.94 bits per heavy atom. The third-order valence-corrected chi connectivity index (χ3v) is 6.46. The fraction of sp³-hybridized carbons (Fsp3) is 0.520. The molecule has 4 rings (SSSR count). The summed E-state index contributed by atoms with van der Waals surface area (Å²) < 4.78 is 5.75. The van der Waals surface area contributed by atoms with Crippen LogP contribution in [0, 0.1) is 5.92 Å². The molecular formula is C25H34N6O3. The summed E-state index contributed by atoms with van der Waals surface area (Å²) in [6.07, 6.45) is 8.07. The molecule has 0 spiro atoms. The lowest BCUT2D eigenvalue weighted by Gasteiger charge is -2.26. The molecule has 1 aliphatic carbocycles. The Hall–Kier alpha value is -3.20. The maximum absolute atomic E-state index is 12.2. The van der Waals surface area contributed by atoms with Gasteiger partial charge in [-0.05, 0) is 64.0 Å². The van der Waals surface area contributed by atoms with E-state index in [-0.39, 0.29) is 17.9 Å². The number of nitrogens with zero attached hydrogens (tertiary/aromatic N) is 4. The lowest BCUT2D eigenvalue weighted by Crippen LogP contribution is -2.34. The van der Waals surface area contributed by atoms with Crippen LogP contribution in [0.2, 0.25) is 0 Å². The number of rotatable bonds is 11. The fourth-order valence-electron chi connectivity index (χ4n) is 4.53. The van der Waals surface area contributed by atoms with E-state index in [1.807, 2.05) is 38.4 Å². The van der Waals surface area contributed by atoms with Crippen LogP contribution in [0.3, 0.4) is 0 Å². The van der Waals surface area contributed by atoms with Crippen LogP contribution in [-0.4, -0.2) is 67.0 Å². The van der Waals surface area contributed by atoms with Crippen LogP contribution < -0.4 is 20.3 Å². The standard InChI is InChI=1S/C25H34N6O3/c1-30(2)13-14-34-22-9-7-20(8-10-22)28-25-27-16-19(15-18-11-12-26-24(18)33)23(29-25)31(17-32)21-5-3-4-6-21/h7-10,16-18,21H,3-6,11-15H2,1-2H3,(H,26,33)(H,27,28,29)/t18-/m0/s1. The SMILES string of the molecule is CN(C)CCOc1ccc(Nc2ncc(C[C@@H]3CCNC3=O)c(N(C=O)C3CCCC3)n2)cc1. The number of aromatic nitrogens is 2. The summed E-state index contributed by atoms with van der Waals surface area (Å²) in [4.78, 5) is 37.4. The number of carbonyl (C=O) groups excluding carboxylic acids is 2. The van der Waals surface area contributed by atoms with Crippen LogP contribution in [0.1, 0.15) is 37.7 Å². The molecule has 9 nitrogen and oxygen atoms in total. The highest BCUT2D eigenvalue weighted by atomic mass is 16.5. The molecule has 1 aromatic heterocycles. The summed E-state index contributed by atoms with van der Waals surface area (Å²) >= 11 is 0. The van der Waals surface area contributed by atoms with Crippen molar-refractivity contribution >= 4 is 29.8 Å². The lowest BCUT2D eigenvalue weighted by atomic mass is 9.99. The zero-order valence-electron chi connectivity index (χ0n) is 20.0. The maximum atomic E-state index is 12.2. The van der Waals surface area contributed by atoms with E-state index in [1.165, 1.54) is 0 Å². The van der Waals surface area contributed by atoms with Crippen molar-refractivity contribution in [2.24, 2.45) is 5.92 Å². The topological polar surface area (TPSA) is 99.7 Å². The monoisotopic (exact) mass is 466 g/mol. The van der Waals surface area contributed by atoms with E-state index in [4.69, 9.17) is 9.72 Å². The van der Waals surface area contributed by atoms with Crippen LogP contribution in [0.5, 0.6) is 5.75 Å². The third-order valence-electron chi connectivity index (χ3n) is 6.46. The van der Waals surface area contributed by atoms with Gasteiger partial charge in [0.05, 0.1) is 0 Å². The van der Waals surface area contributed by atoms with E-state index < -0.39 is 0 Å². The largest absolute Gasteiger partial charge is 0.492 e. The average molecular weight is 467 g/mol. The smallest absolute Gasteiger partial charge is 0.229 e. The van der Waals surface area contributed by atoms with Crippen LogP contribution in [-0.2, 0) is 16.0 Å². The molecule has 1 aromatic carbocycles. The van der Waals surface area contributed by atoms with E-state index in [2.05, 4.69) is 20.5 Å². The number of hydrogen-bond acceptors (Lipinski definition) is 7. The summed E-state index contributed by atoms with van der Waals surface area (Å²) in [6, 6.07) is 7.78. The van der Waals surface area contributed by atoms with Crippen LogP contribution >= 0.6 is 0 Å². The second kappa shape index (κ2) is 11.3. The van der Waals surface area contributed by atoms with Crippen molar-refractivity contribution in [1.29, 1.82) is 0 Å². The molecule has 0 unspecified atom stereocenters. The number of likely N-dealkylation sites (N-methyl/N-ethyl adjacent to an activating group) is 1. The number of carbonyl (C=O) groups is 2. The van der Waals surface area contributed by atoms with E-state index in [9.17, 15) is 9.59 Å². The second-order valence-electron chi connectivity index (χ2n) is 9.28. The van der Waals surface area contributed by atoms with Gasteiger partial charge in [0.2, 0.25) is 18.3 Å². The highest BCUT2D eigenvalue weighted by Gasteiger charge is 2.30. The van der Waals surface area contributed by atoms with Gasteiger partial charge in [-0.25, -0.2) is 4.98 Å². The second-order valence-corrected chi connectivity index (χ2v) is 9.28.